The third-order valence-electron chi connectivity index (χ3n) is 9.03. The van der Waals surface area contributed by atoms with Crippen molar-refractivity contribution in [3.8, 4) is 55.9 Å². The summed E-state index contributed by atoms with van der Waals surface area (Å²) >= 11 is 0. The summed E-state index contributed by atoms with van der Waals surface area (Å²) in [7, 11) is 0. The van der Waals surface area contributed by atoms with Gasteiger partial charge in [-0.2, -0.15) is 0 Å². The summed E-state index contributed by atoms with van der Waals surface area (Å²) in [6.07, 6.45) is 5.39. The summed E-state index contributed by atoms with van der Waals surface area (Å²) in [5.41, 5.74) is 12.3. The van der Waals surface area contributed by atoms with Crippen molar-refractivity contribution in [2.45, 2.75) is 0 Å². The molecule has 0 fully saturated rings. The SMILES string of the molecule is c1ccc(-c2c(-c3ccccc3)c3nccnc3c3cnc(-c4ccc(-c5ccc(-c6ccc7ccccc7c6)cc5)cc4)nc23)cc1. The molecule has 0 radical (unpaired) electrons. The van der Waals surface area contributed by atoms with Crippen molar-refractivity contribution < 1.29 is 0 Å². The van der Waals surface area contributed by atoms with Crippen LogP contribution in [-0.2, 0) is 0 Å². The van der Waals surface area contributed by atoms with Crippen molar-refractivity contribution in [1.82, 2.24) is 19.9 Å². The third-order valence-corrected chi connectivity index (χ3v) is 9.03. The van der Waals surface area contributed by atoms with Gasteiger partial charge in [0.05, 0.1) is 11.0 Å². The van der Waals surface area contributed by atoms with Crippen LogP contribution < -0.4 is 0 Å². The quantitative estimate of drug-likeness (QED) is 0.181. The molecule has 0 saturated carbocycles. The standard InChI is InChI=1S/C44H28N4/c1-3-10-33(11-4-1)39-40(34-12-5-2-6-13-34)43-42(45-25-26-46-43)38-28-47-44(48-41(38)39)35-22-19-31(20-23-35)30-15-17-32(18-16-30)37-24-21-29-9-7-8-14-36(29)27-37/h1-28H. The number of aromatic nitrogens is 4. The zero-order chi connectivity index (χ0) is 31.9. The highest BCUT2D eigenvalue weighted by molar-refractivity contribution is 6.17. The summed E-state index contributed by atoms with van der Waals surface area (Å²) in [6.45, 7) is 0. The van der Waals surface area contributed by atoms with E-state index < -0.39 is 0 Å². The molecule has 0 atom stereocenters. The van der Waals surface area contributed by atoms with Gasteiger partial charge < -0.3 is 0 Å². The lowest BCUT2D eigenvalue weighted by molar-refractivity contribution is 1.22. The Morgan fingerprint density at radius 3 is 1.48 bits per heavy atom. The minimum atomic E-state index is 0.667. The fourth-order valence-corrected chi connectivity index (χ4v) is 6.65. The molecule has 0 N–H and O–H groups in total. The smallest absolute Gasteiger partial charge is 0.159 e. The molecule has 224 valence electrons. The molecule has 0 aliphatic carbocycles. The Balaban J connectivity index is 1.12. The molecule has 0 aliphatic rings. The van der Waals surface area contributed by atoms with Gasteiger partial charge in [-0.05, 0) is 50.2 Å². The zero-order valence-electron chi connectivity index (χ0n) is 26.0. The van der Waals surface area contributed by atoms with Crippen molar-refractivity contribution in [2.24, 2.45) is 0 Å². The average molecular weight is 613 g/mol. The normalized spacial score (nSPS) is 11.3. The van der Waals surface area contributed by atoms with Crippen LogP contribution in [0.15, 0.2) is 170 Å². The lowest BCUT2D eigenvalue weighted by Crippen LogP contribution is -1.98. The first-order chi connectivity index (χ1) is 23.8. The maximum absolute atomic E-state index is 5.25. The fraction of sp³-hybridized carbons (Fsp3) is 0. The molecular weight excluding hydrogens is 585 g/mol. The van der Waals surface area contributed by atoms with Crippen LogP contribution in [0.25, 0.3) is 88.6 Å². The second kappa shape index (κ2) is 11.7. The van der Waals surface area contributed by atoms with Crippen molar-refractivity contribution in [3.63, 3.8) is 0 Å². The van der Waals surface area contributed by atoms with E-state index in [0.717, 1.165) is 60.9 Å². The van der Waals surface area contributed by atoms with E-state index in [4.69, 9.17) is 19.9 Å². The topological polar surface area (TPSA) is 51.6 Å². The van der Waals surface area contributed by atoms with Gasteiger partial charge >= 0.3 is 0 Å². The molecule has 2 heterocycles. The molecule has 0 amide bonds. The third kappa shape index (κ3) is 4.88. The lowest BCUT2D eigenvalue weighted by Gasteiger charge is -2.17. The van der Waals surface area contributed by atoms with Crippen molar-refractivity contribution in [3.05, 3.63) is 170 Å². The van der Waals surface area contributed by atoms with Gasteiger partial charge in [0.15, 0.2) is 5.82 Å². The van der Waals surface area contributed by atoms with Gasteiger partial charge in [-0.25, -0.2) is 9.97 Å². The Kier molecular flexibility index (Phi) is 6.76. The van der Waals surface area contributed by atoms with Gasteiger partial charge in [-0.3, -0.25) is 9.97 Å². The monoisotopic (exact) mass is 612 g/mol. The van der Waals surface area contributed by atoms with Gasteiger partial charge in [0, 0.05) is 40.7 Å². The first kappa shape index (κ1) is 27.8. The molecule has 9 aromatic rings. The summed E-state index contributed by atoms with van der Waals surface area (Å²) in [5, 5.41) is 3.38. The Hall–Kier alpha value is -6.52. The van der Waals surface area contributed by atoms with Crippen LogP contribution in [0.4, 0.5) is 0 Å². The predicted octanol–water partition coefficient (Wildman–Crippen LogP) is 11.1. The Morgan fingerprint density at radius 2 is 0.833 bits per heavy atom. The largest absolute Gasteiger partial charge is 0.252 e. The molecule has 7 aromatic carbocycles. The summed E-state index contributed by atoms with van der Waals surface area (Å²) in [6, 6.07) is 53.2. The first-order valence-corrected chi connectivity index (χ1v) is 16.0. The van der Waals surface area contributed by atoms with E-state index in [2.05, 4.69) is 140 Å². The fourth-order valence-electron chi connectivity index (χ4n) is 6.65. The van der Waals surface area contributed by atoms with Crippen molar-refractivity contribution in [1.29, 1.82) is 0 Å². The van der Waals surface area contributed by atoms with Crippen molar-refractivity contribution >= 4 is 32.7 Å². The van der Waals surface area contributed by atoms with Crippen LogP contribution in [0, 0.1) is 0 Å². The van der Waals surface area contributed by atoms with Gasteiger partial charge in [0.2, 0.25) is 0 Å². The lowest BCUT2D eigenvalue weighted by atomic mass is 9.90. The predicted molar refractivity (Wildman–Crippen MR) is 197 cm³/mol. The molecule has 0 saturated heterocycles. The Morgan fingerprint density at radius 1 is 0.333 bits per heavy atom. The van der Waals surface area contributed by atoms with E-state index in [0.29, 0.717) is 5.82 Å². The van der Waals surface area contributed by atoms with E-state index in [1.165, 1.54) is 21.9 Å². The molecule has 4 nitrogen and oxygen atoms in total. The van der Waals surface area contributed by atoms with E-state index >= 15 is 0 Å². The highest BCUT2D eigenvalue weighted by atomic mass is 14.9. The minimum absolute atomic E-state index is 0.667. The molecular formula is C44H28N4. The number of hydrogen-bond donors (Lipinski definition) is 0. The number of fused-ring (bicyclic) bond motifs is 4. The van der Waals surface area contributed by atoms with Gasteiger partial charge in [0.1, 0.15) is 5.52 Å². The summed E-state index contributed by atoms with van der Waals surface area (Å²) in [4.78, 5) is 19.7. The summed E-state index contributed by atoms with van der Waals surface area (Å²) < 4.78 is 0. The maximum Gasteiger partial charge on any atom is 0.159 e. The van der Waals surface area contributed by atoms with Crippen LogP contribution in [0.2, 0.25) is 0 Å². The van der Waals surface area contributed by atoms with Crippen LogP contribution in [-0.4, -0.2) is 19.9 Å². The van der Waals surface area contributed by atoms with Gasteiger partial charge in [-0.1, -0.05) is 146 Å². The zero-order valence-corrected chi connectivity index (χ0v) is 26.0. The Bertz CT molecular complexity index is 2580. The molecule has 2 aromatic heterocycles. The molecule has 0 bridgehead atoms. The van der Waals surface area contributed by atoms with Crippen LogP contribution >= 0.6 is 0 Å². The number of hydrogen-bond acceptors (Lipinski definition) is 4. The van der Waals surface area contributed by atoms with Crippen LogP contribution in [0.3, 0.4) is 0 Å². The van der Waals surface area contributed by atoms with Crippen LogP contribution in [0.1, 0.15) is 0 Å². The minimum Gasteiger partial charge on any atom is -0.252 e. The highest BCUT2D eigenvalue weighted by Crippen LogP contribution is 2.42. The second-order valence-corrected chi connectivity index (χ2v) is 11.9. The van der Waals surface area contributed by atoms with Crippen molar-refractivity contribution in [2.75, 3.05) is 0 Å². The number of nitrogens with zero attached hydrogens (tertiary/aromatic N) is 4. The second-order valence-electron chi connectivity index (χ2n) is 11.9. The molecule has 48 heavy (non-hydrogen) atoms. The molecule has 0 unspecified atom stereocenters. The Labute approximate surface area is 278 Å². The van der Waals surface area contributed by atoms with Crippen LogP contribution in [0.5, 0.6) is 0 Å². The molecule has 4 heteroatoms. The van der Waals surface area contributed by atoms with E-state index in [9.17, 15) is 0 Å². The molecule has 9 rings (SSSR count). The number of rotatable bonds is 5. The van der Waals surface area contributed by atoms with E-state index in [1.54, 1.807) is 12.4 Å². The number of benzene rings is 7. The highest BCUT2D eigenvalue weighted by Gasteiger charge is 2.21. The van der Waals surface area contributed by atoms with E-state index in [1.807, 2.05) is 18.3 Å². The van der Waals surface area contributed by atoms with Gasteiger partial charge in [-0.15, -0.1) is 0 Å². The van der Waals surface area contributed by atoms with E-state index in [-0.39, 0.29) is 0 Å². The molecule has 0 spiro atoms. The molecule has 0 aliphatic heterocycles. The first-order valence-electron chi connectivity index (χ1n) is 16.0. The van der Waals surface area contributed by atoms with Gasteiger partial charge in [0.25, 0.3) is 0 Å². The summed E-state index contributed by atoms with van der Waals surface area (Å²) in [5.74, 6) is 0.667. The maximum atomic E-state index is 5.25. The average Bonchev–Trinajstić information content (AvgIpc) is 3.18.